The van der Waals surface area contributed by atoms with Gasteiger partial charge in [0.25, 0.3) is 11.8 Å². The van der Waals surface area contributed by atoms with Crippen LogP contribution in [0.4, 0.5) is 0 Å². The van der Waals surface area contributed by atoms with Crippen LogP contribution in [0.1, 0.15) is 66.2 Å². The van der Waals surface area contributed by atoms with Crippen LogP contribution in [-0.2, 0) is 38.4 Å². The minimum Gasteiger partial charge on any atom is -0.481 e. The molecule has 0 aromatic carbocycles. The molecule has 10 nitrogen and oxygen atoms in total. The van der Waals surface area contributed by atoms with E-state index >= 15 is 0 Å². The number of H-pyrrole nitrogens is 2. The first kappa shape index (κ1) is 29.9. The Morgan fingerprint density at radius 3 is 1.88 bits per heavy atom. The summed E-state index contributed by atoms with van der Waals surface area (Å²) in [4.78, 5) is 54.2. The highest BCUT2D eigenvalue weighted by Crippen LogP contribution is 2.30. The fraction of sp³-hybridized carbons (Fsp3) is 0.250. The average molecular weight is 571 g/mol. The van der Waals surface area contributed by atoms with E-state index in [1.165, 1.54) is 12.2 Å². The van der Waals surface area contributed by atoms with Crippen molar-refractivity contribution in [2.75, 3.05) is 0 Å². The van der Waals surface area contributed by atoms with Crippen LogP contribution < -0.4 is 10.6 Å². The monoisotopic (exact) mass is 570 g/mol. The van der Waals surface area contributed by atoms with Gasteiger partial charge in [0, 0.05) is 64.6 Å². The number of aryl methyl sites for hydroxylation is 1. The van der Waals surface area contributed by atoms with Crippen LogP contribution in [0.3, 0.4) is 0 Å². The summed E-state index contributed by atoms with van der Waals surface area (Å²) in [5.41, 5.74) is 9.25. The molecule has 0 atom stereocenters. The van der Waals surface area contributed by atoms with Gasteiger partial charge in [0.1, 0.15) is 0 Å². The molecule has 2 amide bonds. The Balaban J connectivity index is 1.76. The predicted octanol–water partition coefficient (Wildman–Crippen LogP) is 4.22. The molecule has 218 valence electrons. The van der Waals surface area contributed by atoms with E-state index in [1.54, 1.807) is 6.08 Å². The summed E-state index contributed by atoms with van der Waals surface area (Å²) in [7, 11) is 0. The number of aliphatic carboxylic acids is 2. The summed E-state index contributed by atoms with van der Waals surface area (Å²) >= 11 is 0. The van der Waals surface area contributed by atoms with Crippen LogP contribution in [0.5, 0.6) is 0 Å². The van der Waals surface area contributed by atoms with Gasteiger partial charge in [-0.2, -0.15) is 0 Å². The van der Waals surface area contributed by atoms with E-state index in [1.807, 2.05) is 32.9 Å². The smallest absolute Gasteiger partial charge is 0.303 e. The lowest BCUT2D eigenvalue weighted by molar-refractivity contribution is -0.138. The topological polar surface area (TPSA) is 164 Å². The second-order valence-corrected chi connectivity index (χ2v) is 10.3. The second-order valence-electron chi connectivity index (χ2n) is 10.3. The summed E-state index contributed by atoms with van der Waals surface area (Å²) < 4.78 is 0. The first-order chi connectivity index (χ1) is 19.9. The summed E-state index contributed by atoms with van der Waals surface area (Å²) in [6.07, 6.45) is 7.45. The Bertz CT molecular complexity index is 1660. The summed E-state index contributed by atoms with van der Waals surface area (Å²) in [5, 5.41) is 24.4. The van der Waals surface area contributed by atoms with Crippen LogP contribution in [0, 0.1) is 6.92 Å². The van der Waals surface area contributed by atoms with Crippen molar-refractivity contribution in [3.63, 3.8) is 0 Å². The molecule has 4 rings (SSSR count). The number of nitrogens with one attached hydrogen (secondary N) is 4. The fourth-order valence-electron chi connectivity index (χ4n) is 5.31. The number of hydrogen-bond donors (Lipinski definition) is 6. The molecule has 0 spiro atoms. The molecular weight excluding hydrogens is 536 g/mol. The maximum Gasteiger partial charge on any atom is 0.303 e. The number of rotatable bonds is 12. The number of carboxylic acid groups (broad SMARTS) is 2. The molecule has 0 bridgehead atoms. The van der Waals surface area contributed by atoms with Crippen molar-refractivity contribution in [2.24, 2.45) is 0 Å². The van der Waals surface area contributed by atoms with E-state index in [0.29, 0.717) is 34.7 Å². The SMILES string of the molecule is C=CC1=C(C)/C(=C/c2cc(CCC(=O)O)c(Cc3[nH]c(/C=C4\NC(=O)C(C=C)=C4C)c(C)c3CCC(=O)O)[nH]2)NC1=O. The number of carbonyl (C=O) groups excluding carboxylic acids is 2. The van der Waals surface area contributed by atoms with E-state index in [9.17, 15) is 29.4 Å². The number of allylic oxidation sites excluding steroid dienone is 2. The Labute approximate surface area is 243 Å². The maximum atomic E-state index is 12.3. The van der Waals surface area contributed by atoms with Crippen LogP contribution in [0.15, 0.2) is 65.1 Å². The molecule has 6 N–H and O–H groups in total. The lowest BCUT2D eigenvalue weighted by atomic mass is 10.00. The molecular formula is C32H34N4O6. The number of aromatic amines is 2. The first-order valence-corrected chi connectivity index (χ1v) is 13.5. The number of carbonyl (C=O) groups is 4. The van der Waals surface area contributed by atoms with E-state index < -0.39 is 11.9 Å². The number of carboxylic acids is 2. The molecule has 2 aliphatic heterocycles. The molecule has 0 saturated carbocycles. The van der Waals surface area contributed by atoms with Gasteiger partial charge in [0.15, 0.2) is 0 Å². The average Bonchev–Trinajstić information content (AvgIpc) is 3.60. The van der Waals surface area contributed by atoms with Gasteiger partial charge in [0.2, 0.25) is 0 Å². The van der Waals surface area contributed by atoms with Crippen molar-refractivity contribution in [3.8, 4) is 0 Å². The Morgan fingerprint density at radius 2 is 1.36 bits per heavy atom. The van der Waals surface area contributed by atoms with Crippen LogP contribution >= 0.6 is 0 Å². The zero-order chi connectivity index (χ0) is 30.7. The van der Waals surface area contributed by atoms with Gasteiger partial charge in [0.05, 0.1) is 0 Å². The van der Waals surface area contributed by atoms with Gasteiger partial charge in [-0.05, 0) is 79.7 Å². The van der Waals surface area contributed by atoms with Gasteiger partial charge in [-0.1, -0.05) is 25.3 Å². The zero-order valence-electron chi connectivity index (χ0n) is 23.9. The van der Waals surface area contributed by atoms with Gasteiger partial charge in [-0.3, -0.25) is 19.2 Å². The van der Waals surface area contributed by atoms with Crippen molar-refractivity contribution in [3.05, 3.63) is 105 Å². The standard InChI is InChI=1S/C32H34N4O6/c1-6-21-16(3)24(35-31(21)41)13-20-12-19(8-10-29(37)38)27(33-20)15-28-23(9-11-30(39)40)18(5)25(34-28)14-26-17(4)22(7-2)32(42)36-26/h6-7,12-14,33-34H,1-2,8-11,15H2,3-5H3,(H,35,41)(H,36,42)(H,37,38)(H,39,40)/b24-13-,26-14-. The Morgan fingerprint density at radius 1 is 0.810 bits per heavy atom. The highest BCUT2D eigenvalue weighted by Gasteiger charge is 2.24. The number of aromatic nitrogens is 2. The summed E-state index contributed by atoms with van der Waals surface area (Å²) in [6.45, 7) is 13.0. The summed E-state index contributed by atoms with van der Waals surface area (Å²) in [5.74, 6) is -2.31. The molecule has 2 aromatic heterocycles. The van der Waals surface area contributed by atoms with Crippen molar-refractivity contribution in [1.82, 2.24) is 20.6 Å². The zero-order valence-corrected chi connectivity index (χ0v) is 23.9. The highest BCUT2D eigenvalue weighted by molar-refractivity contribution is 6.04. The molecule has 2 aliphatic rings. The quantitative estimate of drug-likeness (QED) is 0.224. The van der Waals surface area contributed by atoms with E-state index in [4.69, 9.17) is 0 Å². The Hall–Kier alpha value is -5.12. The van der Waals surface area contributed by atoms with E-state index in [0.717, 1.165) is 44.9 Å². The third kappa shape index (κ3) is 6.12. The number of hydrogen-bond acceptors (Lipinski definition) is 4. The Kier molecular flexibility index (Phi) is 8.65. The lowest BCUT2D eigenvalue weighted by Gasteiger charge is -2.06. The van der Waals surface area contributed by atoms with E-state index in [-0.39, 0.29) is 37.5 Å². The van der Waals surface area contributed by atoms with Crippen LogP contribution in [-0.4, -0.2) is 43.9 Å². The molecule has 0 unspecified atom stereocenters. The van der Waals surface area contributed by atoms with Crippen LogP contribution in [0.2, 0.25) is 0 Å². The van der Waals surface area contributed by atoms with Crippen molar-refractivity contribution >= 4 is 35.9 Å². The van der Waals surface area contributed by atoms with Crippen molar-refractivity contribution in [1.29, 1.82) is 0 Å². The molecule has 0 saturated heterocycles. The van der Waals surface area contributed by atoms with E-state index in [2.05, 4.69) is 33.8 Å². The lowest BCUT2D eigenvalue weighted by Crippen LogP contribution is -2.15. The van der Waals surface area contributed by atoms with Gasteiger partial charge < -0.3 is 30.8 Å². The molecule has 0 radical (unpaired) electrons. The molecule has 4 heterocycles. The third-order valence-electron chi connectivity index (χ3n) is 7.67. The molecule has 2 aromatic rings. The normalized spacial score (nSPS) is 16.9. The molecule has 42 heavy (non-hydrogen) atoms. The summed E-state index contributed by atoms with van der Waals surface area (Å²) in [6, 6.07) is 1.87. The second kappa shape index (κ2) is 12.2. The van der Waals surface area contributed by atoms with Gasteiger partial charge in [-0.15, -0.1) is 0 Å². The predicted molar refractivity (Wildman–Crippen MR) is 159 cm³/mol. The number of amides is 2. The van der Waals surface area contributed by atoms with Gasteiger partial charge >= 0.3 is 11.9 Å². The van der Waals surface area contributed by atoms with Gasteiger partial charge in [-0.25, -0.2) is 0 Å². The largest absolute Gasteiger partial charge is 0.481 e. The minimum atomic E-state index is -0.924. The van der Waals surface area contributed by atoms with Crippen molar-refractivity contribution < 1.29 is 29.4 Å². The first-order valence-electron chi connectivity index (χ1n) is 13.5. The minimum absolute atomic E-state index is 0.0666. The molecule has 10 heteroatoms. The fourth-order valence-corrected chi connectivity index (χ4v) is 5.31. The highest BCUT2D eigenvalue weighted by atomic mass is 16.4. The maximum absolute atomic E-state index is 12.3. The molecule has 0 aliphatic carbocycles. The van der Waals surface area contributed by atoms with Crippen molar-refractivity contribution in [2.45, 2.75) is 52.9 Å². The third-order valence-corrected chi connectivity index (χ3v) is 7.67. The van der Waals surface area contributed by atoms with Crippen LogP contribution in [0.25, 0.3) is 12.2 Å². The molecule has 0 fully saturated rings.